The molecule has 0 amide bonds. The molecule has 1 N–H and O–H groups in total. The fraction of sp³-hybridized carbons (Fsp3) is 0.583. The third-order valence-electron chi connectivity index (χ3n) is 2.76. The fourth-order valence-corrected chi connectivity index (χ4v) is 2.67. The number of imidazole rings is 1. The van der Waals surface area contributed by atoms with Crippen molar-refractivity contribution < 1.29 is 4.74 Å². The van der Waals surface area contributed by atoms with E-state index >= 15 is 0 Å². The van der Waals surface area contributed by atoms with E-state index in [0.717, 1.165) is 36.6 Å². The van der Waals surface area contributed by atoms with Gasteiger partial charge in [0.1, 0.15) is 0 Å². The predicted molar refractivity (Wildman–Crippen MR) is 70.7 cm³/mol. The normalized spacial score (nSPS) is 13.3. The Hall–Kier alpha value is -0.910. The van der Waals surface area contributed by atoms with Crippen LogP contribution in [0.3, 0.4) is 0 Å². The van der Waals surface area contributed by atoms with E-state index in [1.807, 2.05) is 6.20 Å². The lowest BCUT2D eigenvalue weighted by molar-refractivity contribution is 0.182. The number of nitrogens with zero attached hydrogens (tertiary/aromatic N) is 2. The van der Waals surface area contributed by atoms with E-state index in [0.29, 0.717) is 6.04 Å². The third-order valence-corrected chi connectivity index (χ3v) is 3.53. The van der Waals surface area contributed by atoms with Crippen LogP contribution in [0.5, 0.6) is 0 Å². The van der Waals surface area contributed by atoms with Crippen LogP contribution >= 0.6 is 11.3 Å². The third kappa shape index (κ3) is 3.28. The number of thiazole rings is 1. The number of hydrogen-bond acceptors (Lipinski definition) is 4. The molecular formula is C12H19N3OS. The van der Waals surface area contributed by atoms with Crippen molar-refractivity contribution in [1.82, 2.24) is 14.7 Å². The van der Waals surface area contributed by atoms with Crippen LogP contribution in [0.1, 0.15) is 19.0 Å². The SMILES string of the molecule is CCNC(CCOC)Cc1cn2ccsc2n1. The summed E-state index contributed by atoms with van der Waals surface area (Å²) < 4.78 is 7.22. The van der Waals surface area contributed by atoms with Crippen molar-refractivity contribution in [1.29, 1.82) is 0 Å². The van der Waals surface area contributed by atoms with Crippen molar-refractivity contribution in [2.24, 2.45) is 0 Å². The summed E-state index contributed by atoms with van der Waals surface area (Å²) in [7, 11) is 1.75. The standard InChI is InChI=1S/C12H19N3OS/c1-3-13-10(4-6-16-2)8-11-9-15-5-7-17-12(15)14-11/h5,7,9-10,13H,3-4,6,8H2,1-2H3. The molecule has 0 aromatic carbocycles. The van der Waals surface area contributed by atoms with Crippen molar-refractivity contribution in [2.45, 2.75) is 25.8 Å². The first-order chi connectivity index (χ1) is 8.33. The van der Waals surface area contributed by atoms with Gasteiger partial charge in [-0.3, -0.25) is 4.40 Å². The van der Waals surface area contributed by atoms with E-state index < -0.39 is 0 Å². The van der Waals surface area contributed by atoms with Gasteiger partial charge in [-0.1, -0.05) is 6.92 Å². The first-order valence-corrected chi connectivity index (χ1v) is 6.85. The Morgan fingerprint density at radius 3 is 3.18 bits per heavy atom. The van der Waals surface area contributed by atoms with Gasteiger partial charge in [-0.25, -0.2) is 4.98 Å². The Bertz CT molecular complexity index is 423. The molecule has 1 atom stereocenters. The first-order valence-electron chi connectivity index (χ1n) is 5.97. The molecule has 0 aliphatic carbocycles. The number of ether oxygens (including phenoxy) is 1. The molecule has 0 radical (unpaired) electrons. The zero-order chi connectivity index (χ0) is 12.1. The van der Waals surface area contributed by atoms with E-state index in [2.05, 4.69) is 33.2 Å². The van der Waals surface area contributed by atoms with Gasteiger partial charge >= 0.3 is 0 Å². The van der Waals surface area contributed by atoms with Crippen LogP contribution < -0.4 is 5.32 Å². The van der Waals surface area contributed by atoms with Gasteiger partial charge in [-0.05, 0) is 13.0 Å². The molecule has 0 spiro atoms. The number of likely N-dealkylation sites (N-methyl/N-ethyl adjacent to an activating group) is 1. The molecule has 2 aromatic rings. The van der Waals surface area contributed by atoms with Crippen molar-refractivity contribution >= 4 is 16.3 Å². The van der Waals surface area contributed by atoms with Crippen LogP contribution in [0.15, 0.2) is 17.8 Å². The number of nitrogens with one attached hydrogen (secondary N) is 1. The molecule has 5 heteroatoms. The number of fused-ring (bicyclic) bond motifs is 1. The molecular weight excluding hydrogens is 234 g/mol. The average molecular weight is 253 g/mol. The maximum Gasteiger partial charge on any atom is 0.193 e. The van der Waals surface area contributed by atoms with Crippen LogP contribution in [0.25, 0.3) is 4.96 Å². The summed E-state index contributed by atoms with van der Waals surface area (Å²) in [5.74, 6) is 0. The number of aromatic nitrogens is 2. The molecule has 94 valence electrons. The van der Waals surface area contributed by atoms with Crippen LogP contribution in [0, 0.1) is 0 Å². The summed E-state index contributed by atoms with van der Waals surface area (Å²) in [6.45, 7) is 3.90. The monoisotopic (exact) mass is 253 g/mol. The van der Waals surface area contributed by atoms with Gasteiger partial charge in [0.2, 0.25) is 0 Å². The van der Waals surface area contributed by atoms with E-state index in [1.54, 1.807) is 18.4 Å². The van der Waals surface area contributed by atoms with Crippen molar-refractivity contribution in [3.63, 3.8) is 0 Å². The minimum absolute atomic E-state index is 0.449. The second-order valence-electron chi connectivity index (χ2n) is 4.07. The molecule has 0 aliphatic heterocycles. The predicted octanol–water partition coefficient (Wildman–Crippen LogP) is 1.95. The quantitative estimate of drug-likeness (QED) is 0.819. The van der Waals surface area contributed by atoms with Gasteiger partial charge in [-0.15, -0.1) is 11.3 Å². The highest BCUT2D eigenvalue weighted by Crippen LogP contribution is 2.13. The van der Waals surface area contributed by atoms with Crippen molar-refractivity contribution in [3.05, 3.63) is 23.5 Å². The molecule has 17 heavy (non-hydrogen) atoms. The average Bonchev–Trinajstić information content (AvgIpc) is 2.86. The summed E-state index contributed by atoms with van der Waals surface area (Å²) in [6, 6.07) is 0.449. The van der Waals surface area contributed by atoms with E-state index in [4.69, 9.17) is 4.74 Å². The van der Waals surface area contributed by atoms with Gasteiger partial charge in [0.15, 0.2) is 4.96 Å². The minimum Gasteiger partial charge on any atom is -0.385 e. The van der Waals surface area contributed by atoms with Gasteiger partial charge in [0.05, 0.1) is 5.69 Å². The van der Waals surface area contributed by atoms with Crippen LogP contribution in [-0.2, 0) is 11.2 Å². The Labute approximate surface area is 106 Å². The largest absolute Gasteiger partial charge is 0.385 e. The molecule has 2 rings (SSSR count). The first kappa shape index (κ1) is 12.5. The summed E-state index contributed by atoms with van der Waals surface area (Å²) in [6.07, 6.45) is 6.15. The van der Waals surface area contributed by atoms with Gasteiger partial charge in [-0.2, -0.15) is 0 Å². The Morgan fingerprint density at radius 2 is 2.47 bits per heavy atom. The molecule has 2 heterocycles. The molecule has 0 saturated carbocycles. The molecule has 0 saturated heterocycles. The molecule has 2 aromatic heterocycles. The lowest BCUT2D eigenvalue weighted by Gasteiger charge is -2.15. The molecule has 0 bridgehead atoms. The van der Waals surface area contributed by atoms with Crippen LogP contribution in [-0.4, -0.2) is 35.7 Å². The lowest BCUT2D eigenvalue weighted by Crippen LogP contribution is -2.32. The fourth-order valence-electron chi connectivity index (χ4n) is 1.95. The van der Waals surface area contributed by atoms with E-state index in [9.17, 15) is 0 Å². The van der Waals surface area contributed by atoms with Crippen LogP contribution in [0.2, 0.25) is 0 Å². The topological polar surface area (TPSA) is 38.6 Å². The number of methoxy groups -OCH3 is 1. The molecule has 4 nitrogen and oxygen atoms in total. The zero-order valence-electron chi connectivity index (χ0n) is 10.3. The highest BCUT2D eigenvalue weighted by atomic mass is 32.1. The second kappa shape index (κ2) is 6.14. The Balaban J connectivity index is 1.98. The van der Waals surface area contributed by atoms with Gasteiger partial charge in [0.25, 0.3) is 0 Å². The maximum absolute atomic E-state index is 5.14. The zero-order valence-corrected chi connectivity index (χ0v) is 11.2. The lowest BCUT2D eigenvalue weighted by atomic mass is 10.1. The number of hydrogen-bond donors (Lipinski definition) is 1. The van der Waals surface area contributed by atoms with E-state index in [1.165, 1.54) is 0 Å². The van der Waals surface area contributed by atoms with Crippen molar-refractivity contribution in [2.75, 3.05) is 20.3 Å². The molecule has 0 aliphatic rings. The van der Waals surface area contributed by atoms with E-state index in [-0.39, 0.29) is 0 Å². The maximum atomic E-state index is 5.14. The van der Waals surface area contributed by atoms with Crippen molar-refractivity contribution in [3.8, 4) is 0 Å². The minimum atomic E-state index is 0.449. The summed E-state index contributed by atoms with van der Waals surface area (Å²) in [4.78, 5) is 5.67. The summed E-state index contributed by atoms with van der Waals surface area (Å²) >= 11 is 1.67. The smallest absolute Gasteiger partial charge is 0.193 e. The summed E-state index contributed by atoms with van der Waals surface area (Å²) in [5, 5.41) is 5.53. The molecule has 1 unspecified atom stereocenters. The Morgan fingerprint density at radius 1 is 1.59 bits per heavy atom. The Kier molecular flexibility index (Phi) is 4.53. The summed E-state index contributed by atoms with van der Waals surface area (Å²) in [5.41, 5.74) is 1.15. The second-order valence-corrected chi connectivity index (χ2v) is 4.94. The molecule has 0 fully saturated rings. The van der Waals surface area contributed by atoms with Crippen LogP contribution in [0.4, 0.5) is 0 Å². The highest BCUT2D eigenvalue weighted by molar-refractivity contribution is 7.15. The van der Waals surface area contributed by atoms with Gasteiger partial charge in [0, 0.05) is 44.0 Å². The number of rotatable bonds is 7. The highest BCUT2D eigenvalue weighted by Gasteiger charge is 2.11. The van der Waals surface area contributed by atoms with Gasteiger partial charge < -0.3 is 10.1 Å².